The summed E-state index contributed by atoms with van der Waals surface area (Å²) in [4.78, 5) is 14.2. The van der Waals surface area contributed by atoms with Crippen LogP contribution >= 0.6 is 11.8 Å². The molecule has 1 unspecified atom stereocenters. The summed E-state index contributed by atoms with van der Waals surface area (Å²) in [7, 11) is 0. The van der Waals surface area contributed by atoms with Gasteiger partial charge in [-0.1, -0.05) is 18.2 Å². The number of amides is 1. The number of nitrogens with zero attached hydrogens (tertiary/aromatic N) is 1. The first-order valence-electron chi connectivity index (χ1n) is 5.56. The van der Waals surface area contributed by atoms with Crippen LogP contribution in [0.4, 0.5) is 5.69 Å². The van der Waals surface area contributed by atoms with E-state index < -0.39 is 0 Å². The van der Waals surface area contributed by atoms with E-state index in [1.54, 1.807) is 11.8 Å². The van der Waals surface area contributed by atoms with Crippen LogP contribution in [0.15, 0.2) is 24.3 Å². The molecule has 1 fully saturated rings. The maximum absolute atomic E-state index is 12.3. The number of hydrogen-bond acceptors (Lipinski definition) is 3. The number of fused-ring (bicyclic) bond motifs is 1. The van der Waals surface area contributed by atoms with Crippen molar-refractivity contribution in [2.45, 2.75) is 12.5 Å². The minimum Gasteiger partial charge on any atom is -0.310 e. The van der Waals surface area contributed by atoms with Gasteiger partial charge in [-0.3, -0.25) is 10.1 Å². The highest BCUT2D eigenvalue weighted by molar-refractivity contribution is 7.99. The van der Waals surface area contributed by atoms with E-state index in [1.807, 2.05) is 23.1 Å². The second kappa shape index (κ2) is 4.11. The third-order valence-corrected chi connectivity index (χ3v) is 4.11. The minimum atomic E-state index is 0.0103. The molecule has 1 amide bonds. The van der Waals surface area contributed by atoms with Crippen molar-refractivity contribution in [3.05, 3.63) is 29.8 Å². The fraction of sp³-hybridized carbons (Fsp3) is 0.417. The Kier molecular flexibility index (Phi) is 2.61. The quantitative estimate of drug-likeness (QED) is 0.793. The first-order valence-corrected chi connectivity index (χ1v) is 6.72. The molecule has 1 N–H and O–H groups in total. The first-order chi connectivity index (χ1) is 7.86. The molecule has 4 heteroatoms. The Morgan fingerprint density at radius 3 is 3.12 bits per heavy atom. The Morgan fingerprint density at radius 2 is 2.31 bits per heavy atom. The summed E-state index contributed by atoms with van der Waals surface area (Å²) in [6.07, 6.45) is 0.988. The summed E-state index contributed by atoms with van der Waals surface area (Å²) in [6, 6.07) is 8.20. The zero-order valence-corrected chi connectivity index (χ0v) is 9.80. The number of carbonyl (C=O) groups is 1. The average molecular weight is 234 g/mol. The third-order valence-electron chi connectivity index (χ3n) is 3.17. The first kappa shape index (κ1) is 10.2. The van der Waals surface area contributed by atoms with Crippen molar-refractivity contribution < 1.29 is 4.79 Å². The number of carbonyl (C=O) groups excluding carboxylic acids is 1. The highest BCUT2D eigenvalue weighted by Gasteiger charge is 2.31. The van der Waals surface area contributed by atoms with Gasteiger partial charge in [-0.05, 0) is 18.1 Å². The van der Waals surface area contributed by atoms with Gasteiger partial charge in [-0.25, -0.2) is 0 Å². The van der Waals surface area contributed by atoms with E-state index >= 15 is 0 Å². The van der Waals surface area contributed by atoms with Crippen molar-refractivity contribution in [1.29, 1.82) is 0 Å². The van der Waals surface area contributed by atoms with E-state index in [9.17, 15) is 4.79 Å². The zero-order chi connectivity index (χ0) is 11.0. The standard InChI is InChI=1S/C12H14N2OS/c15-12(10-7-16-8-13-10)14-6-5-9-3-1-2-4-11(9)14/h1-4,10,13H,5-8H2. The summed E-state index contributed by atoms with van der Waals surface area (Å²) in [5, 5.41) is 3.24. The maximum Gasteiger partial charge on any atom is 0.245 e. The molecule has 1 saturated heterocycles. The lowest BCUT2D eigenvalue weighted by atomic mass is 10.2. The highest BCUT2D eigenvalue weighted by Crippen LogP contribution is 2.28. The summed E-state index contributed by atoms with van der Waals surface area (Å²) in [5.41, 5.74) is 2.40. The molecule has 0 bridgehead atoms. The van der Waals surface area contributed by atoms with Gasteiger partial charge in [-0.15, -0.1) is 11.8 Å². The predicted octanol–water partition coefficient (Wildman–Crippen LogP) is 1.24. The van der Waals surface area contributed by atoms with Crippen molar-refractivity contribution >= 4 is 23.4 Å². The Balaban J connectivity index is 1.84. The van der Waals surface area contributed by atoms with Gasteiger partial charge >= 0.3 is 0 Å². The zero-order valence-electron chi connectivity index (χ0n) is 8.98. The molecule has 0 radical (unpaired) electrons. The third kappa shape index (κ3) is 1.62. The molecule has 2 aliphatic heterocycles. The van der Waals surface area contributed by atoms with Gasteiger partial charge in [0.2, 0.25) is 5.91 Å². The normalized spacial score (nSPS) is 23.5. The summed E-state index contributed by atoms with van der Waals surface area (Å²) in [5.74, 6) is 2.03. The molecule has 2 aliphatic rings. The molecular formula is C12H14N2OS. The van der Waals surface area contributed by atoms with Crippen LogP contribution in [0.1, 0.15) is 5.56 Å². The monoisotopic (exact) mass is 234 g/mol. The predicted molar refractivity (Wildman–Crippen MR) is 66.7 cm³/mol. The van der Waals surface area contributed by atoms with Crippen molar-refractivity contribution in [2.24, 2.45) is 0 Å². The second-order valence-corrected chi connectivity index (χ2v) is 5.17. The van der Waals surface area contributed by atoms with Crippen LogP contribution in [0.25, 0.3) is 0 Å². The van der Waals surface area contributed by atoms with Gasteiger partial charge in [0, 0.05) is 23.9 Å². The fourth-order valence-electron chi connectivity index (χ4n) is 2.31. The van der Waals surface area contributed by atoms with Crippen LogP contribution in [0.5, 0.6) is 0 Å². The number of anilines is 1. The van der Waals surface area contributed by atoms with Gasteiger partial charge in [0.15, 0.2) is 0 Å². The second-order valence-electron chi connectivity index (χ2n) is 4.14. The lowest BCUT2D eigenvalue weighted by Crippen LogP contribution is -2.44. The van der Waals surface area contributed by atoms with Gasteiger partial charge in [0.1, 0.15) is 0 Å². The molecule has 0 spiro atoms. The topological polar surface area (TPSA) is 32.3 Å². The van der Waals surface area contributed by atoms with Gasteiger partial charge in [0.25, 0.3) is 0 Å². The van der Waals surface area contributed by atoms with Gasteiger partial charge in [-0.2, -0.15) is 0 Å². The molecule has 1 aromatic carbocycles. The Morgan fingerprint density at radius 1 is 1.44 bits per heavy atom. The molecule has 16 heavy (non-hydrogen) atoms. The molecule has 3 rings (SSSR count). The van der Waals surface area contributed by atoms with Crippen LogP contribution < -0.4 is 10.2 Å². The molecule has 0 saturated carbocycles. The molecule has 1 atom stereocenters. The molecule has 2 heterocycles. The molecular weight excluding hydrogens is 220 g/mol. The van der Waals surface area contributed by atoms with Crippen LogP contribution in [0.3, 0.4) is 0 Å². The lowest BCUT2D eigenvalue weighted by molar-refractivity contribution is -0.119. The number of benzene rings is 1. The SMILES string of the molecule is O=C(C1CSCN1)N1CCc2ccccc21. The molecule has 0 aliphatic carbocycles. The Labute approximate surface area is 99.2 Å². The fourth-order valence-corrected chi connectivity index (χ4v) is 3.24. The summed E-state index contributed by atoms with van der Waals surface area (Å²) in [6.45, 7) is 0.834. The highest BCUT2D eigenvalue weighted by atomic mass is 32.2. The Hall–Kier alpha value is -1.00. The minimum absolute atomic E-state index is 0.0103. The maximum atomic E-state index is 12.3. The van der Waals surface area contributed by atoms with E-state index in [0.717, 1.165) is 30.3 Å². The largest absolute Gasteiger partial charge is 0.310 e. The lowest BCUT2D eigenvalue weighted by Gasteiger charge is -2.20. The summed E-state index contributed by atoms with van der Waals surface area (Å²) >= 11 is 1.79. The smallest absolute Gasteiger partial charge is 0.245 e. The van der Waals surface area contributed by atoms with Gasteiger partial charge in [0.05, 0.1) is 6.04 Å². The van der Waals surface area contributed by atoms with Crippen molar-refractivity contribution in [3.63, 3.8) is 0 Å². The van der Waals surface area contributed by atoms with Crippen LogP contribution in [-0.4, -0.2) is 30.1 Å². The van der Waals surface area contributed by atoms with Crippen molar-refractivity contribution in [2.75, 3.05) is 23.1 Å². The van der Waals surface area contributed by atoms with E-state index in [1.165, 1.54) is 5.56 Å². The number of hydrogen-bond donors (Lipinski definition) is 1. The van der Waals surface area contributed by atoms with Crippen molar-refractivity contribution in [3.8, 4) is 0 Å². The van der Waals surface area contributed by atoms with E-state index in [2.05, 4.69) is 11.4 Å². The van der Waals surface area contributed by atoms with Crippen LogP contribution in [-0.2, 0) is 11.2 Å². The number of nitrogens with one attached hydrogen (secondary N) is 1. The average Bonchev–Trinajstić information content (AvgIpc) is 2.98. The molecule has 3 nitrogen and oxygen atoms in total. The molecule has 84 valence electrons. The number of rotatable bonds is 1. The van der Waals surface area contributed by atoms with E-state index in [4.69, 9.17) is 0 Å². The van der Waals surface area contributed by atoms with Crippen LogP contribution in [0, 0.1) is 0 Å². The molecule has 0 aromatic heterocycles. The molecule has 1 aromatic rings. The van der Waals surface area contributed by atoms with E-state index in [0.29, 0.717) is 0 Å². The van der Waals surface area contributed by atoms with Gasteiger partial charge < -0.3 is 4.90 Å². The number of para-hydroxylation sites is 1. The van der Waals surface area contributed by atoms with E-state index in [-0.39, 0.29) is 11.9 Å². The van der Waals surface area contributed by atoms with Crippen LogP contribution in [0.2, 0.25) is 0 Å². The summed E-state index contributed by atoms with van der Waals surface area (Å²) < 4.78 is 0. The number of thioether (sulfide) groups is 1. The van der Waals surface area contributed by atoms with Crippen molar-refractivity contribution in [1.82, 2.24) is 5.32 Å². The Bertz CT molecular complexity index is 415.